The van der Waals surface area contributed by atoms with E-state index >= 15 is 0 Å². The maximum Gasteiger partial charge on any atom is 0.339 e. The van der Waals surface area contributed by atoms with Crippen LogP contribution >= 0.6 is 0 Å². The average molecular weight is 530 g/mol. The van der Waals surface area contributed by atoms with Crippen molar-refractivity contribution in [2.75, 3.05) is 7.11 Å². The van der Waals surface area contributed by atoms with Gasteiger partial charge in [-0.15, -0.1) is 0 Å². The van der Waals surface area contributed by atoms with Crippen LogP contribution < -0.4 is 13.7 Å². The van der Waals surface area contributed by atoms with Gasteiger partial charge >= 0.3 is 10.1 Å². The summed E-state index contributed by atoms with van der Waals surface area (Å²) in [5, 5.41) is 1.08. The molecule has 0 radical (unpaired) electrons. The number of nitrogens with zero attached hydrogens (tertiary/aromatic N) is 1. The maximum atomic E-state index is 13.3. The number of hydrogen-bond acceptors (Lipinski definition) is 6. The third kappa shape index (κ3) is 4.95. The van der Waals surface area contributed by atoms with E-state index in [1.807, 2.05) is 55.9 Å². The van der Waals surface area contributed by atoms with Crippen molar-refractivity contribution in [2.24, 2.45) is 7.05 Å². The fraction of sp³-hybridized carbons (Fsp3) is 0.167. The van der Waals surface area contributed by atoms with Crippen molar-refractivity contribution in [3.8, 4) is 17.2 Å². The Kier molecular flexibility index (Phi) is 6.36. The number of aryl methyl sites for hydroxylation is 1. The lowest BCUT2D eigenvalue weighted by atomic mass is 9.97. The van der Waals surface area contributed by atoms with Gasteiger partial charge in [-0.3, -0.25) is 4.79 Å². The second kappa shape index (κ2) is 9.54. The second-order valence-electron chi connectivity index (χ2n) is 9.55. The van der Waals surface area contributed by atoms with Gasteiger partial charge in [0.25, 0.3) is 0 Å². The van der Waals surface area contributed by atoms with Crippen molar-refractivity contribution in [1.82, 2.24) is 4.57 Å². The molecule has 0 spiro atoms. The molecule has 0 saturated carbocycles. The molecular formula is C30H27NO6S. The second-order valence-corrected chi connectivity index (χ2v) is 11.1. The maximum absolute atomic E-state index is 13.3. The lowest BCUT2D eigenvalue weighted by molar-refractivity contribution is 0.103. The van der Waals surface area contributed by atoms with E-state index in [-0.39, 0.29) is 22.2 Å². The number of aromatic nitrogens is 1. The summed E-state index contributed by atoms with van der Waals surface area (Å²) in [6.07, 6.45) is 8.74. The van der Waals surface area contributed by atoms with E-state index in [9.17, 15) is 13.2 Å². The van der Waals surface area contributed by atoms with E-state index in [1.165, 1.54) is 37.5 Å². The molecule has 0 saturated heterocycles. The summed E-state index contributed by atoms with van der Waals surface area (Å²) in [4.78, 5) is 13.2. The molecule has 5 rings (SSSR count). The van der Waals surface area contributed by atoms with E-state index in [0.29, 0.717) is 16.9 Å². The van der Waals surface area contributed by atoms with Crippen LogP contribution in [0.3, 0.4) is 0 Å². The van der Waals surface area contributed by atoms with Gasteiger partial charge < -0.3 is 18.2 Å². The lowest BCUT2D eigenvalue weighted by Gasteiger charge is -2.29. The summed E-state index contributed by atoms with van der Waals surface area (Å²) in [5.74, 6) is 0.442. The van der Waals surface area contributed by atoms with Crippen LogP contribution in [0.2, 0.25) is 0 Å². The largest absolute Gasteiger partial charge is 0.497 e. The van der Waals surface area contributed by atoms with Gasteiger partial charge in [-0.1, -0.05) is 18.2 Å². The number of allylic oxidation sites excluding steroid dienone is 1. The van der Waals surface area contributed by atoms with E-state index < -0.39 is 15.7 Å². The molecule has 0 aliphatic carbocycles. The summed E-state index contributed by atoms with van der Waals surface area (Å²) in [6, 6.07) is 17.0. The molecule has 1 aromatic heterocycles. The van der Waals surface area contributed by atoms with E-state index in [2.05, 4.69) is 0 Å². The molecule has 0 unspecified atom stereocenters. The number of carbonyl (C=O) groups excluding carboxylic acids is 1. The lowest BCUT2D eigenvalue weighted by Crippen LogP contribution is -2.29. The summed E-state index contributed by atoms with van der Waals surface area (Å²) < 4.78 is 44.9. The molecule has 0 N–H and O–H groups in total. The summed E-state index contributed by atoms with van der Waals surface area (Å²) >= 11 is 0. The van der Waals surface area contributed by atoms with Crippen LogP contribution in [-0.4, -0.2) is 31.5 Å². The van der Waals surface area contributed by atoms with Crippen LogP contribution in [0.4, 0.5) is 0 Å². The normalized spacial score (nSPS) is 14.3. The first-order chi connectivity index (χ1) is 18.1. The Morgan fingerprint density at radius 2 is 1.87 bits per heavy atom. The Hall–Kier alpha value is -4.30. The average Bonchev–Trinajstić information content (AvgIpc) is 3.26. The molecule has 1 aliphatic heterocycles. The minimum atomic E-state index is -4.17. The molecule has 8 heteroatoms. The Morgan fingerprint density at radius 1 is 1.05 bits per heavy atom. The fourth-order valence-electron chi connectivity index (χ4n) is 4.29. The zero-order valence-corrected chi connectivity index (χ0v) is 22.3. The Balaban J connectivity index is 1.49. The number of hydrogen-bond donors (Lipinski definition) is 0. The van der Waals surface area contributed by atoms with Gasteiger partial charge in [-0.05, 0) is 80.1 Å². The van der Waals surface area contributed by atoms with Gasteiger partial charge in [0.1, 0.15) is 22.0 Å². The quantitative estimate of drug-likeness (QED) is 0.165. The number of fused-ring (bicyclic) bond motifs is 2. The monoisotopic (exact) mass is 529 g/mol. The van der Waals surface area contributed by atoms with Crippen LogP contribution in [0.15, 0.2) is 83.9 Å². The van der Waals surface area contributed by atoms with Crippen molar-refractivity contribution < 1.29 is 26.9 Å². The fourth-order valence-corrected chi connectivity index (χ4v) is 5.27. The Bertz CT molecular complexity index is 1730. The molecule has 0 amide bonds. The highest BCUT2D eigenvalue weighted by molar-refractivity contribution is 7.87. The molecule has 4 aromatic rings. The first kappa shape index (κ1) is 25.4. The van der Waals surface area contributed by atoms with Gasteiger partial charge in [-0.25, -0.2) is 0 Å². The number of ketones is 1. The summed E-state index contributed by atoms with van der Waals surface area (Å²) in [6.45, 7) is 3.71. The minimum absolute atomic E-state index is 0.0508. The summed E-state index contributed by atoms with van der Waals surface area (Å²) in [5.41, 5.74) is 1.97. The van der Waals surface area contributed by atoms with Crippen LogP contribution in [-0.2, 0) is 17.2 Å². The highest BCUT2D eigenvalue weighted by atomic mass is 32.2. The third-order valence-electron chi connectivity index (χ3n) is 6.30. The van der Waals surface area contributed by atoms with Crippen LogP contribution in [0.5, 0.6) is 17.2 Å². The predicted molar refractivity (Wildman–Crippen MR) is 147 cm³/mol. The molecule has 1 aliphatic rings. The molecule has 0 fully saturated rings. The van der Waals surface area contributed by atoms with Crippen molar-refractivity contribution in [2.45, 2.75) is 24.3 Å². The molecule has 0 atom stereocenters. The molecule has 7 nitrogen and oxygen atoms in total. The predicted octanol–water partition coefficient (Wildman–Crippen LogP) is 6.03. The van der Waals surface area contributed by atoms with Gasteiger partial charge in [0.15, 0.2) is 11.5 Å². The smallest absolute Gasteiger partial charge is 0.339 e. The first-order valence-electron chi connectivity index (χ1n) is 12.0. The Morgan fingerprint density at radius 3 is 2.66 bits per heavy atom. The van der Waals surface area contributed by atoms with Crippen LogP contribution in [0, 0.1) is 0 Å². The number of carbonyl (C=O) groups is 1. The minimum Gasteiger partial charge on any atom is -0.497 e. The first-order valence-corrected chi connectivity index (χ1v) is 13.4. The van der Waals surface area contributed by atoms with Crippen LogP contribution in [0.25, 0.3) is 23.1 Å². The van der Waals surface area contributed by atoms with E-state index in [0.717, 1.165) is 16.5 Å². The van der Waals surface area contributed by atoms with Crippen molar-refractivity contribution in [1.29, 1.82) is 0 Å². The highest BCUT2D eigenvalue weighted by Crippen LogP contribution is 2.41. The number of ether oxygens (including phenoxy) is 2. The molecule has 38 heavy (non-hydrogen) atoms. The van der Waals surface area contributed by atoms with E-state index in [4.69, 9.17) is 13.7 Å². The molecule has 0 bridgehead atoms. The molecule has 3 aromatic carbocycles. The number of benzene rings is 3. The van der Waals surface area contributed by atoms with E-state index in [1.54, 1.807) is 30.4 Å². The topological polar surface area (TPSA) is 83.8 Å². The third-order valence-corrected chi connectivity index (χ3v) is 7.53. The van der Waals surface area contributed by atoms with Crippen molar-refractivity contribution >= 4 is 39.0 Å². The van der Waals surface area contributed by atoms with Crippen molar-refractivity contribution in [3.05, 3.63) is 95.7 Å². The van der Waals surface area contributed by atoms with Gasteiger partial charge in [0.2, 0.25) is 0 Å². The number of rotatable bonds is 7. The summed E-state index contributed by atoms with van der Waals surface area (Å²) in [7, 11) is -0.737. The molecule has 2 heterocycles. The molecule has 194 valence electrons. The van der Waals surface area contributed by atoms with Gasteiger partial charge in [-0.2, -0.15) is 8.42 Å². The standard InChI is InChI=1S/C30H27NO6S/c1-30(2)16-14-25-28(37-38(33,34)23-7-5-6-22(19-23)35-4)13-10-24(29(25)36-30)27(32)12-9-20-8-11-26-21(18-20)15-17-31(26)3/h5-19H,1-4H3/b12-9+. The SMILES string of the molecule is COc1cccc(S(=O)(=O)Oc2ccc(C(=O)/C=C/c3ccc4c(ccn4C)c3)c3c2C=CC(C)(C)O3)c1. The van der Waals surface area contributed by atoms with Crippen LogP contribution in [0.1, 0.15) is 35.3 Å². The number of methoxy groups -OCH3 is 1. The van der Waals surface area contributed by atoms with Gasteiger partial charge in [0.05, 0.1) is 18.2 Å². The zero-order valence-electron chi connectivity index (χ0n) is 21.5. The highest BCUT2D eigenvalue weighted by Gasteiger charge is 2.30. The molecular weight excluding hydrogens is 502 g/mol. The zero-order chi connectivity index (χ0) is 27.1. The van der Waals surface area contributed by atoms with Crippen molar-refractivity contribution in [3.63, 3.8) is 0 Å². The van der Waals surface area contributed by atoms with Gasteiger partial charge in [0, 0.05) is 30.2 Å². The Labute approximate surface area is 221 Å².